The fraction of sp³-hybridized carbons (Fsp3) is 0.357. The highest BCUT2D eigenvalue weighted by Gasteiger charge is 2.25. The average molecular weight is 294 g/mol. The zero-order valence-corrected chi connectivity index (χ0v) is 12.7. The van der Waals surface area contributed by atoms with E-state index in [1.807, 2.05) is 53.8 Å². The standard InChI is InChI=1S/C14H18N2OS2/c1-10(2)16(9-11-5-3-7-18-11)14(17)13(15)12-6-4-8-19-12/h3-8,10,13H,9,15H2,1-2H3. The van der Waals surface area contributed by atoms with Gasteiger partial charge >= 0.3 is 0 Å². The molecule has 0 aliphatic heterocycles. The molecule has 2 aromatic heterocycles. The second-order valence-corrected chi connectivity index (χ2v) is 6.64. The topological polar surface area (TPSA) is 46.3 Å². The van der Waals surface area contributed by atoms with Gasteiger partial charge in [-0.1, -0.05) is 12.1 Å². The van der Waals surface area contributed by atoms with Crippen molar-refractivity contribution in [1.29, 1.82) is 0 Å². The fourth-order valence-corrected chi connectivity index (χ4v) is 3.28. The van der Waals surface area contributed by atoms with Gasteiger partial charge < -0.3 is 10.6 Å². The minimum absolute atomic E-state index is 0.00847. The van der Waals surface area contributed by atoms with Crippen LogP contribution in [-0.2, 0) is 11.3 Å². The Bertz CT molecular complexity index is 506. The molecule has 1 amide bonds. The number of hydrogen-bond donors (Lipinski definition) is 1. The zero-order chi connectivity index (χ0) is 13.8. The first kappa shape index (κ1) is 14.2. The van der Waals surface area contributed by atoms with E-state index in [4.69, 9.17) is 5.73 Å². The Hall–Kier alpha value is -1.17. The lowest BCUT2D eigenvalue weighted by Crippen LogP contribution is -2.41. The Morgan fingerprint density at radius 2 is 1.95 bits per heavy atom. The van der Waals surface area contributed by atoms with E-state index in [9.17, 15) is 4.79 Å². The molecule has 0 aromatic carbocycles. The first-order valence-corrected chi connectivity index (χ1v) is 7.97. The normalized spacial score (nSPS) is 12.6. The Morgan fingerprint density at radius 3 is 2.47 bits per heavy atom. The number of hydrogen-bond acceptors (Lipinski definition) is 4. The lowest BCUT2D eigenvalue weighted by Gasteiger charge is -2.28. The molecule has 0 saturated heterocycles. The summed E-state index contributed by atoms with van der Waals surface area (Å²) in [6.07, 6.45) is 0. The van der Waals surface area contributed by atoms with E-state index < -0.39 is 6.04 Å². The molecular weight excluding hydrogens is 276 g/mol. The van der Waals surface area contributed by atoms with E-state index in [1.54, 1.807) is 11.3 Å². The third kappa shape index (κ3) is 3.43. The third-order valence-corrected chi connectivity index (χ3v) is 4.75. The van der Waals surface area contributed by atoms with Crippen molar-refractivity contribution in [3.8, 4) is 0 Å². The second-order valence-electron chi connectivity index (χ2n) is 4.63. The molecule has 2 heterocycles. The van der Waals surface area contributed by atoms with Gasteiger partial charge in [0, 0.05) is 15.8 Å². The molecule has 0 aliphatic rings. The van der Waals surface area contributed by atoms with Gasteiger partial charge in [0.2, 0.25) is 5.91 Å². The predicted molar refractivity (Wildman–Crippen MR) is 81.3 cm³/mol. The van der Waals surface area contributed by atoms with Crippen LogP contribution in [0.2, 0.25) is 0 Å². The Balaban J connectivity index is 2.12. The minimum Gasteiger partial charge on any atom is -0.333 e. The zero-order valence-electron chi connectivity index (χ0n) is 11.1. The van der Waals surface area contributed by atoms with Crippen LogP contribution in [0.4, 0.5) is 0 Å². The molecule has 0 spiro atoms. The largest absolute Gasteiger partial charge is 0.333 e. The summed E-state index contributed by atoms with van der Waals surface area (Å²) >= 11 is 3.19. The Morgan fingerprint density at radius 1 is 1.26 bits per heavy atom. The summed E-state index contributed by atoms with van der Waals surface area (Å²) in [5.41, 5.74) is 6.07. The molecule has 3 nitrogen and oxygen atoms in total. The van der Waals surface area contributed by atoms with Gasteiger partial charge in [0.15, 0.2) is 0 Å². The number of thiophene rings is 2. The van der Waals surface area contributed by atoms with E-state index >= 15 is 0 Å². The highest BCUT2D eigenvalue weighted by molar-refractivity contribution is 7.10. The van der Waals surface area contributed by atoms with Crippen LogP contribution in [0, 0.1) is 0 Å². The van der Waals surface area contributed by atoms with Crippen molar-refractivity contribution >= 4 is 28.6 Å². The van der Waals surface area contributed by atoms with Crippen LogP contribution >= 0.6 is 22.7 Å². The lowest BCUT2D eigenvalue weighted by atomic mass is 10.2. The number of nitrogens with zero attached hydrogens (tertiary/aromatic N) is 1. The maximum Gasteiger partial charge on any atom is 0.245 e. The maximum atomic E-state index is 12.5. The van der Waals surface area contributed by atoms with Gasteiger partial charge in [0.05, 0.1) is 6.54 Å². The van der Waals surface area contributed by atoms with Gasteiger partial charge in [-0.2, -0.15) is 0 Å². The van der Waals surface area contributed by atoms with Crippen LogP contribution in [0.5, 0.6) is 0 Å². The van der Waals surface area contributed by atoms with Crippen LogP contribution in [0.3, 0.4) is 0 Å². The van der Waals surface area contributed by atoms with Crippen molar-refractivity contribution in [1.82, 2.24) is 4.90 Å². The van der Waals surface area contributed by atoms with E-state index in [-0.39, 0.29) is 11.9 Å². The molecule has 0 saturated carbocycles. The van der Waals surface area contributed by atoms with Crippen LogP contribution < -0.4 is 5.73 Å². The first-order valence-electron chi connectivity index (χ1n) is 6.21. The van der Waals surface area contributed by atoms with Crippen molar-refractivity contribution in [2.75, 3.05) is 0 Å². The van der Waals surface area contributed by atoms with E-state index in [1.165, 1.54) is 16.2 Å². The van der Waals surface area contributed by atoms with Gasteiger partial charge in [0.25, 0.3) is 0 Å². The van der Waals surface area contributed by atoms with Gasteiger partial charge in [0.1, 0.15) is 6.04 Å². The van der Waals surface area contributed by atoms with Crippen molar-refractivity contribution in [3.05, 3.63) is 44.8 Å². The molecule has 0 fully saturated rings. The monoisotopic (exact) mass is 294 g/mol. The molecule has 0 bridgehead atoms. The van der Waals surface area contributed by atoms with E-state index in [0.717, 1.165) is 4.88 Å². The van der Waals surface area contributed by atoms with Crippen molar-refractivity contribution in [3.63, 3.8) is 0 Å². The van der Waals surface area contributed by atoms with Gasteiger partial charge in [-0.3, -0.25) is 4.79 Å². The summed E-state index contributed by atoms with van der Waals surface area (Å²) in [5, 5.41) is 3.97. The molecule has 2 rings (SSSR count). The van der Waals surface area contributed by atoms with Gasteiger partial charge in [-0.25, -0.2) is 0 Å². The highest BCUT2D eigenvalue weighted by Crippen LogP contribution is 2.22. The third-order valence-electron chi connectivity index (χ3n) is 2.93. The molecule has 5 heteroatoms. The molecule has 1 unspecified atom stereocenters. The molecule has 102 valence electrons. The highest BCUT2D eigenvalue weighted by atomic mass is 32.1. The molecular formula is C14H18N2OS2. The van der Waals surface area contributed by atoms with Crippen molar-refractivity contribution in [2.45, 2.75) is 32.5 Å². The summed E-state index contributed by atoms with van der Waals surface area (Å²) in [5.74, 6) is -0.00847. The molecule has 1 atom stereocenters. The smallest absolute Gasteiger partial charge is 0.245 e. The number of nitrogens with two attached hydrogens (primary N) is 1. The quantitative estimate of drug-likeness (QED) is 0.920. The minimum atomic E-state index is -0.553. The van der Waals surface area contributed by atoms with Gasteiger partial charge in [-0.15, -0.1) is 22.7 Å². The summed E-state index contributed by atoms with van der Waals surface area (Å²) in [4.78, 5) is 16.5. The summed E-state index contributed by atoms with van der Waals surface area (Å²) in [7, 11) is 0. The molecule has 2 aromatic rings. The van der Waals surface area contributed by atoms with Crippen LogP contribution in [0.15, 0.2) is 35.0 Å². The van der Waals surface area contributed by atoms with Crippen LogP contribution in [0.1, 0.15) is 29.6 Å². The number of carbonyl (C=O) groups is 1. The average Bonchev–Trinajstić information content (AvgIpc) is 3.06. The molecule has 0 aliphatic carbocycles. The van der Waals surface area contributed by atoms with Gasteiger partial charge in [-0.05, 0) is 36.7 Å². The van der Waals surface area contributed by atoms with E-state index in [2.05, 4.69) is 0 Å². The Labute approximate surface area is 121 Å². The number of rotatable bonds is 5. The first-order chi connectivity index (χ1) is 9.09. The Kier molecular flexibility index (Phi) is 4.74. The second kappa shape index (κ2) is 6.32. The SMILES string of the molecule is CC(C)N(Cc1cccs1)C(=O)C(N)c1cccs1. The van der Waals surface area contributed by atoms with E-state index in [0.29, 0.717) is 6.54 Å². The lowest BCUT2D eigenvalue weighted by molar-refractivity contribution is -0.135. The van der Waals surface area contributed by atoms with Crippen LogP contribution in [-0.4, -0.2) is 16.8 Å². The molecule has 2 N–H and O–H groups in total. The number of carbonyl (C=O) groups excluding carboxylic acids is 1. The number of amides is 1. The summed E-state index contributed by atoms with van der Waals surface area (Å²) < 4.78 is 0. The summed E-state index contributed by atoms with van der Waals surface area (Å²) in [6.45, 7) is 4.67. The fourth-order valence-electron chi connectivity index (χ4n) is 1.85. The van der Waals surface area contributed by atoms with Crippen molar-refractivity contribution < 1.29 is 4.79 Å². The molecule has 19 heavy (non-hydrogen) atoms. The van der Waals surface area contributed by atoms with Crippen LogP contribution in [0.25, 0.3) is 0 Å². The van der Waals surface area contributed by atoms with Crippen molar-refractivity contribution in [2.24, 2.45) is 5.73 Å². The maximum absolute atomic E-state index is 12.5. The predicted octanol–water partition coefficient (Wildman–Crippen LogP) is 3.25. The molecule has 0 radical (unpaired) electrons. The summed E-state index contributed by atoms with van der Waals surface area (Å²) in [6, 6.07) is 7.47.